The van der Waals surface area contributed by atoms with Crippen LogP contribution in [0.2, 0.25) is 0 Å². The lowest BCUT2D eigenvalue weighted by atomic mass is 10.1. The van der Waals surface area contributed by atoms with Crippen LogP contribution in [0.1, 0.15) is 38.4 Å². The lowest BCUT2D eigenvalue weighted by Crippen LogP contribution is -2.38. The zero-order chi connectivity index (χ0) is 16.9. The molecular formula is C18H24N4O2. The molecular weight excluding hydrogens is 304 g/mol. The number of piperidine rings is 1. The maximum absolute atomic E-state index is 12.6. The fraction of sp³-hybridized carbons (Fsp3) is 0.500. The van der Waals surface area contributed by atoms with Gasteiger partial charge >= 0.3 is 0 Å². The van der Waals surface area contributed by atoms with Crippen molar-refractivity contribution in [2.75, 3.05) is 13.1 Å². The van der Waals surface area contributed by atoms with Crippen molar-refractivity contribution in [1.29, 1.82) is 0 Å². The predicted octanol–water partition coefficient (Wildman–Crippen LogP) is 2.07. The van der Waals surface area contributed by atoms with Gasteiger partial charge in [0.2, 0.25) is 11.8 Å². The maximum atomic E-state index is 12.6. The molecule has 0 atom stereocenters. The quantitative estimate of drug-likeness (QED) is 0.914. The molecule has 2 amide bonds. The van der Waals surface area contributed by atoms with Crippen LogP contribution in [-0.4, -0.2) is 39.4 Å². The number of imidazole rings is 1. The zero-order valence-corrected chi connectivity index (χ0v) is 14.1. The second-order valence-corrected chi connectivity index (χ2v) is 6.17. The maximum Gasteiger partial charge on any atom is 0.242 e. The number of para-hydroxylation sites is 2. The summed E-state index contributed by atoms with van der Waals surface area (Å²) >= 11 is 0. The molecule has 1 aliphatic rings. The molecule has 1 aromatic carbocycles. The van der Waals surface area contributed by atoms with Crippen LogP contribution in [-0.2, 0) is 22.7 Å². The van der Waals surface area contributed by atoms with Crippen molar-refractivity contribution in [3.63, 3.8) is 0 Å². The number of carbonyl (C=O) groups excluding carboxylic acids is 2. The third-order valence-electron chi connectivity index (χ3n) is 4.50. The number of nitrogens with zero attached hydrogens (tertiary/aromatic N) is 3. The summed E-state index contributed by atoms with van der Waals surface area (Å²) in [5.74, 6) is 0.834. The lowest BCUT2D eigenvalue weighted by molar-refractivity contribution is -0.132. The van der Waals surface area contributed by atoms with E-state index in [-0.39, 0.29) is 18.4 Å². The van der Waals surface area contributed by atoms with Crippen molar-refractivity contribution >= 4 is 22.8 Å². The van der Waals surface area contributed by atoms with Crippen LogP contribution in [0.5, 0.6) is 0 Å². The van der Waals surface area contributed by atoms with Crippen molar-refractivity contribution < 1.29 is 9.59 Å². The Labute approximate surface area is 141 Å². The molecule has 3 rings (SSSR count). The summed E-state index contributed by atoms with van der Waals surface area (Å²) in [6, 6.07) is 7.78. The van der Waals surface area contributed by atoms with Crippen molar-refractivity contribution in [3.8, 4) is 0 Å². The van der Waals surface area contributed by atoms with Crippen molar-refractivity contribution in [1.82, 2.24) is 19.8 Å². The summed E-state index contributed by atoms with van der Waals surface area (Å²) in [6.45, 7) is 4.12. The van der Waals surface area contributed by atoms with E-state index in [1.54, 1.807) is 0 Å². The molecule has 1 saturated heterocycles. The molecule has 1 N–H and O–H groups in total. The van der Waals surface area contributed by atoms with Gasteiger partial charge in [0.05, 0.1) is 17.6 Å². The topological polar surface area (TPSA) is 67.2 Å². The molecule has 0 radical (unpaired) electrons. The Balaban J connectivity index is 1.83. The van der Waals surface area contributed by atoms with E-state index < -0.39 is 0 Å². The molecule has 0 aliphatic carbocycles. The molecule has 1 aliphatic heterocycles. The number of amides is 2. The highest BCUT2D eigenvalue weighted by atomic mass is 16.2. The normalized spacial score (nSPS) is 14.8. The number of hydrogen-bond donors (Lipinski definition) is 1. The van der Waals surface area contributed by atoms with Gasteiger partial charge in [-0.15, -0.1) is 0 Å². The zero-order valence-electron chi connectivity index (χ0n) is 14.1. The third-order valence-corrected chi connectivity index (χ3v) is 4.50. The SMILES string of the molecule is CCC(=O)NCc1nc2ccccc2n1CC(=O)N1CCCCC1. The van der Waals surface area contributed by atoms with E-state index in [9.17, 15) is 9.59 Å². The minimum atomic E-state index is -0.0176. The molecule has 2 heterocycles. The van der Waals surface area contributed by atoms with Crippen LogP contribution < -0.4 is 5.32 Å². The van der Waals surface area contributed by atoms with Crippen LogP contribution in [0.4, 0.5) is 0 Å². The van der Waals surface area contributed by atoms with Crippen molar-refractivity contribution in [2.45, 2.75) is 45.7 Å². The van der Waals surface area contributed by atoms with Crippen molar-refractivity contribution in [3.05, 3.63) is 30.1 Å². The van der Waals surface area contributed by atoms with Gasteiger partial charge in [-0.2, -0.15) is 0 Å². The number of aromatic nitrogens is 2. The van der Waals surface area contributed by atoms with E-state index in [1.807, 2.05) is 40.7 Å². The van der Waals surface area contributed by atoms with Crippen LogP contribution in [0, 0.1) is 0 Å². The average molecular weight is 328 g/mol. The Kier molecular flexibility index (Phi) is 5.13. The van der Waals surface area contributed by atoms with Crippen LogP contribution in [0.25, 0.3) is 11.0 Å². The van der Waals surface area contributed by atoms with E-state index >= 15 is 0 Å². The first-order chi connectivity index (χ1) is 11.7. The van der Waals surface area contributed by atoms with Gasteiger partial charge in [0, 0.05) is 19.5 Å². The fourth-order valence-corrected chi connectivity index (χ4v) is 3.12. The molecule has 128 valence electrons. The summed E-state index contributed by atoms with van der Waals surface area (Å²) in [4.78, 5) is 30.7. The van der Waals surface area contributed by atoms with E-state index in [2.05, 4.69) is 10.3 Å². The van der Waals surface area contributed by atoms with Gasteiger partial charge in [0.25, 0.3) is 0 Å². The van der Waals surface area contributed by atoms with Gasteiger partial charge in [0.15, 0.2) is 0 Å². The molecule has 2 aromatic rings. The summed E-state index contributed by atoms with van der Waals surface area (Å²) in [5.41, 5.74) is 1.79. The second kappa shape index (κ2) is 7.47. The number of benzene rings is 1. The minimum Gasteiger partial charge on any atom is -0.349 e. The molecule has 24 heavy (non-hydrogen) atoms. The average Bonchev–Trinajstić information content (AvgIpc) is 2.98. The number of nitrogens with one attached hydrogen (secondary N) is 1. The number of hydrogen-bond acceptors (Lipinski definition) is 3. The van der Waals surface area contributed by atoms with Crippen LogP contribution >= 0.6 is 0 Å². The molecule has 1 fully saturated rings. The van der Waals surface area contributed by atoms with Gasteiger partial charge in [-0.25, -0.2) is 4.98 Å². The van der Waals surface area contributed by atoms with E-state index in [1.165, 1.54) is 6.42 Å². The molecule has 6 heteroatoms. The van der Waals surface area contributed by atoms with Crippen molar-refractivity contribution in [2.24, 2.45) is 0 Å². The number of fused-ring (bicyclic) bond motifs is 1. The Morgan fingerprint density at radius 2 is 1.92 bits per heavy atom. The van der Waals surface area contributed by atoms with E-state index in [0.717, 1.165) is 42.8 Å². The number of carbonyl (C=O) groups is 2. The Morgan fingerprint density at radius 1 is 1.17 bits per heavy atom. The molecule has 1 aromatic heterocycles. The Bertz CT molecular complexity index is 732. The highest BCUT2D eigenvalue weighted by molar-refractivity contribution is 5.81. The van der Waals surface area contributed by atoms with Gasteiger partial charge in [-0.1, -0.05) is 19.1 Å². The third kappa shape index (κ3) is 3.58. The van der Waals surface area contributed by atoms with E-state index in [0.29, 0.717) is 13.0 Å². The molecule has 0 bridgehead atoms. The van der Waals surface area contributed by atoms with E-state index in [4.69, 9.17) is 0 Å². The highest BCUT2D eigenvalue weighted by Gasteiger charge is 2.20. The lowest BCUT2D eigenvalue weighted by Gasteiger charge is -2.27. The summed E-state index contributed by atoms with van der Waals surface area (Å²) in [7, 11) is 0. The van der Waals surface area contributed by atoms with Gasteiger partial charge in [0.1, 0.15) is 12.4 Å². The summed E-state index contributed by atoms with van der Waals surface area (Å²) in [5, 5.41) is 2.86. The molecule has 0 unspecified atom stereocenters. The van der Waals surface area contributed by atoms with Crippen LogP contribution in [0.15, 0.2) is 24.3 Å². The highest BCUT2D eigenvalue weighted by Crippen LogP contribution is 2.17. The standard InChI is InChI=1S/C18H24N4O2/c1-2-17(23)19-12-16-20-14-8-4-5-9-15(14)22(16)13-18(24)21-10-6-3-7-11-21/h4-5,8-9H,2-3,6-7,10-13H2,1H3,(H,19,23). The second-order valence-electron chi connectivity index (χ2n) is 6.17. The predicted molar refractivity (Wildman–Crippen MR) is 92.3 cm³/mol. The Morgan fingerprint density at radius 3 is 2.67 bits per heavy atom. The van der Waals surface area contributed by atoms with Gasteiger partial charge in [-0.05, 0) is 31.4 Å². The summed E-state index contributed by atoms with van der Waals surface area (Å²) in [6.07, 6.45) is 3.80. The number of likely N-dealkylation sites (tertiary alicyclic amines) is 1. The summed E-state index contributed by atoms with van der Waals surface area (Å²) < 4.78 is 1.93. The molecule has 0 saturated carbocycles. The van der Waals surface area contributed by atoms with Crippen LogP contribution in [0.3, 0.4) is 0 Å². The fourth-order valence-electron chi connectivity index (χ4n) is 3.12. The van der Waals surface area contributed by atoms with Gasteiger partial charge < -0.3 is 14.8 Å². The monoisotopic (exact) mass is 328 g/mol. The largest absolute Gasteiger partial charge is 0.349 e. The molecule has 6 nitrogen and oxygen atoms in total. The molecule has 0 spiro atoms. The first-order valence-electron chi connectivity index (χ1n) is 8.67. The van der Waals surface area contributed by atoms with Gasteiger partial charge in [-0.3, -0.25) is 9.59 Å². The minimum absolute atomic E-state index is 0.0176. The smallest absolute Gasteiger partial charge is 0.242 e. The first kappa shape index (κ1) is 16.5. The first-order valence-corrected chi connectivity index (χ1v) is 8.67. The number of rotatable bonds is 5. The Hall–Kier alpha value is -2.37.